The van der Waals surface area contributed by atoms with Crippen LogP contribution in [-0.4, -0.2) is 14.5 Å². The van der Waals surface area contributed by atoms with Crippen LogP contribution in [0.2, 0.25) is 0 Å². The van der Waals surface area contributed by atoms with Crippen molar-refractivity contribution in [2.24, 2.45) is 11.7 Å². The molecule has 1 unspecified atom stereocenters. The van der Waals surface area contributed by atoms with Crippen LogP contribution in [0.4, 0.5) is 0 Å². The Morgan fingerprint density at radius 3 is 3.00 bits per heavy atom. The van der Waals surface area contributed by atoms with Crippen LogP contribution >= 0.6 is 12.2 Å². The molecule has 4 heteroatoms. The fraction of sp³-hybridized carbons (Fsp3) is 0.429. The second-order valence-corrected chi connectivity index (χ2v) is 3.03. The Morgan fingerprint density at radius 2 is 2.55 bits per heavy atom. The van der Waals surface area contributed by atoms with Crippen molar-refractivity contribution in [3.8, 4) is 0 Å². The average molecular weight is 169 g/mol. The van der Waals surface area contributed by atoms with E-state index < -0.39 is 0 Å². The van der Waals surface area contributed by atoms with E-state index in [-0.39, 0.29) is 5.92 Å². The lowest BCUT2D eigenvalue weighted by Crippen LogP contribution is -2.22. The molecule has 1 atom stereocenters. The van der Waals surface area contributed by atoms with Gasteiger partial charge in [-0.15, -0.1) is 0 Å². The van der Waals surface area contributed by atoms with Crippen LogP contribution in [0.1, 0.15) is 6.92 Å². The number of aromatic nitrogens is 2. The minimum atomic E-state index is 0.235. The SMILES string of the molecule is CC(Cn1ccnc1)C(N)=S. The zero-order valence-corrected chi connectivity index (χ0v) is 7.21. The number of rotatable bonds is 3. The van der Waals surface area contributed by atoms with Crippen LogP contribution in [-0.2, 0) is 6.54 Å². The second-order valence-electron chi connectivity index (χ2n) is 2.56. The summed E-state index contributed by atoms with van der Waals surface area (Å²) < 4.78 is 1.96. The topological polar surface area (TPSA) is 43.8 Å². The molecule has 2 N–H and O–H groups in total. The van der Waals surface area contributed by atoms with Crippen molar-refractivity contribution in [1.29, 1.82) is 0 Å². The Bertz CT molecular complexity index is 230. The molecule has 0 aliphatic rings. The van der Waals surface area contributed by atoms with E-state index in [1.54, 1.807) is 12.5 Å². The van der Waals surface area contributed by atoms with Crippen LogP contribution in [0.15, 0.2) is 18.7 Å². The van der Waals surface area contributed by atoms with E-state index in [4.69, 9.17) is 18.0 Å². The molecule has 0 aliphatic heterocycles. The van der Waals surface area contributed by atoms with Gasteiger partial charge >= 0.3 is 0 Å². The fourth-order valence-electron chi connectivity index (χ4n) is 0.801. The van der Waals surface area contributed by atoms with E-state index >= 15 is 0 Å². The molecule has 0 fully saturated rings. The highest BCUT2D eigenvalue weighted by Crippen LogP contribution is 1.99. The van der Waals surface area contributed by atoms with Gasteiger partial charge in [-0.3, -0.25) is 0 Å². The van der Waals surface area contributed by atoms with Crippen LogP contribution in [0.25, 0.3) is 0 Å². The first-order valence-corrected chi connectivity index (χ1v) is 3.86. The predicted molar refractivity (Wildman–Crippen MR) is 48.2 cm³/mol. The van der Waals surface area contributed by atoms with Gasteiger partial charge in [0.1, 0.15) is 0 Å². The molecule has 0 radical (unpaired) electrons. The quantitative estimate of drug-likeness (QED) is 0.681. The van der Waals surface area contributed by atoms with Crippen molar-refractivity contribution >= 4 is 17.2 Å². The number of hydrogen-bond acceptors (Lipinski definition) is 2. The standard InChI is InChI=1S/C7H11N3S/c1-6(7(8)11)4-10-3-2-9-5-10/h2-3,5-6H,4H2,1H3,(H2,8,11). The van der Waals surface area contributed by atoms with E-state index in [0.29, 0.717) is 4.99 Å². The van der Waals surface area contributed by atoms with Gasteiger partial charge in [-0.2, -0.15) is 0 Å². The predicted octanol–water partition coefficient (Wildman–Crippen LogP) is 0.805. The van der Waals surface area contributed by atoms with Crippen molar-refractivity contribution in [2.45, 2.75) is 13.5 Å². The molecule has 11 heavy (non-hydrogen) atoms. The summed E-state index contributed by atoms with van der Waals surface area (Å²) in [5.41, 5.74) is 5.45. The molecule has 1 heterocycles. The molecule has 0 spiro atoms. The molecule has 0 bridgehead atoms. The average Bonchev–Trinajstić information content (AvgIpc) is 2.39. The van der Waals surface area contributed by atoms with Gasteiger partial charge < -0.3 is 10.3 Å². The minimum absolute atomic E-state index is 0.235. The van der Waals surface area contributed by atoms with Crippen LogP contribution in [0.3, 0.4) is 0 Å². The molecular formula is C7H11N3S. The highest BCUT2D eigenvalue weighted by atomic mass is 32.1. The van der Waals surface area contributed by atoms with Gasteiger partial charge in [-0.25, -0.2) is 4.98 Å². The minimum Gasteiger partial charge on any atom is -0.393 e. The summed E-state index contributed by atoms with van der Waals surface area (Å²) in [5, 5.41) is 0. The van der Waals surface area contributed by atoms with Crippen LogP contribution in [0.5, 0.6) is 0 Å². The Hall–Kier alpha value is -0.900. The molecule has 0 saturated heterocycles. The van der Waals surface area contributed by atoms with Crippen molar-refractivity contribution < 1.29 is 0 Å². The summed E-state index contributed by atoms with van der Waals surface area (Å²) in [5.74, 6) is 0.235. The van der Waals surface area contributed by atoms with Gasteiger partial charge in [0.25, 0.3) is 0 Å². The van der Waals surface area contributed by atoms with Gasteiger partial charge in [-0.1, -0.05) is 19.1 Å². The molecule has 0 aliphatic carbocycles. The van der Waals surface area contributed by atoms with Gasteiger partial charge in [0, 0.05) is 24.9 Å². The highest BCUT2D eigenvalue weighted by Gasteiger charge is 2.04. The Morgan fingerprint density at radius 1 is 1.82 bits per heavy atom. The lowest BCUT2D eigenvalue weighted by Gasteiger charge is -2.08. The van der Waals surface area contributed by atoms with Crippen molar-refractivity contribution in [2.75, 3.05) is 0 Å². The number of nitrogens with two attached hydrogens (primary N) is 1. The van der Waals surface area contributed by atoms with Gasteiger partial charge in [-0.05, 0) is 0 Å². The van der Waals surface area contributed by atoms with Crippen LogP contribution in [0, 0.1) is 5.92 Å². The number of hydrogen-bond donors (Lipinski definition) is 1. The Balaban J connectivity index is 2.50. The third-order valence-electron chi connectivity index (χ3n) is 1.53. The Labute approximate surface area is 71.2 Å². The maximum Gasteiger partial charge on any atom is 0.0946 e. The van der Waals surface area contributed by atoms with Crippen molar-refractivity contribution in [3.05, 3.63) is 18.7 Å². The van der Waals surface area contributed by atoms with E-state index in [9.17, 15) is 0 Å². The first kappa shape index (κ1) is 8.20. The smallest absolute Gasteiger partial charge is 0.0946 e. The molecule has 0 saturated carbocycles. The number of imidazole rings is 1. The van der Waals surface area contributed by atoms with E-state index in [0.717, 1.165) is 6.54 Å². The molecular weight excluding hydrogens is 158 g/mol. The monoisotopic (exact) mass is 169 g/mol. The normalized spacial score (nSPS) is 12.8. The molecule has 0 aromatic carbocycles. The maximum absolute atomic E-state index is 5.45. The van der Waals surface area contributed by atoms with Crippen LogP contribution < -0.4 is 5.73 Å². The van der Waals surface area contributed by atoms with Gasteiger partial charge in [0.05, 0.1) is 11.3 Å². The lowest BCUT2D eigenvalue weighted by atomic mass is 10.2. The van der Waals surface area contributed by atoms with Crippen molar-refractivity contribution in [3.63, 3.8) is 0 Å². The second kappa shape index (κ2) is 3.48. The summed E-state index contributed by atoms with van der Waals surface area (Å²) in [6.45, 7) is 2.82. The van der Waals surface area contributed by atoms with E-state index in [1.165, 1.54) is 0 Å². The third-order valence-corrected chi connectivity index (χ3v) is 1.93. The highest BCUT2D eigenvalue weighted by molar-refractivity contribution is 7.80. The maximum atomic E-state index is 5.45. The van der Waals surface area contributed by atoms with Gasteiger partial charge in [0.15, 0.2) is 0 Å². The van der Waals surface area contributed by atoms with E-state index in [2.05, 4.69) is 4.98 Å². The first-order valence-electron chi connectivity index (χ1n) is 3.45. The zero-order chi connectivity index (χ0) is 8.27. The molecule has 3 nitrogen and oxygen atoms in total. The summed E-state index contributed by atoms with van der Waals surface area (Å²) >= 11 is 4.84. The fourth-order valence-corrected chi connectivity index (χ4v) is 0.875. The summed E-state index contributed by atoms with van der Waals surface area (Å²) in [7, 11) is 0. The molecule has 1 aromatic heterocycles. The largest absolute Gasteiger partial charge is 0.393 e. The number of nitrogens with zero attached hydrogens (tertiary/aromatic N) is 2. The first-order chi connectivity index (χ1) is 5.20. The molecule has 1 aromatic rings. The molecule has 0 amide bonds. The molecule has 1 rings (SSSR count). The lowest BCUT2D eigenvalue weighted by molar-refractivity contribution is 0.598. The molecule has 60 valence electrons. The van der Waals surface area contributed by atoms with E-state index in [1.807, 2.05) is 17.7 Å². The summed E-state index contributed by atoms with van der Waals surface area (Å²) in [4.78, 5) is 4.47. The Kier molecular flexibility index (Phi) is 2.59. The van der Waals surface area contributed by atoms with Crippen molar-refractivity contribution in [1.82, 2.24) is 9.55 Å². The summed E-state index contributed by atoms with van der Waals surface area (Å²) in [6.07, 6.45) is 5.40. The number of thiocarbonyl (C=S) groups is 1. The van der Waals surface area contributed by atoms with Gasteiger partial charge in [0.2, 0.25) is 0 Å². The zero-order valence-electron chi connectivity index (χ0n) is 6.40. The summed E-state index contributed by atoms with van der Waals surface area (Å²) in [6, 6.07) is 0. The third kappa shape index (κ3) is 2.31.